The third kappa shape index (κ3) is 1.88. The van der Waals surface area contributed by atoms with Crippen LogP contribution in [0.1, 0.15) is 52.0 Å². The summed E-state index contributed by atoms with van der Waals surface area (Å²) in [4.78, 5) is 0. The third-order valence-corrected chi connectivity index (χ3v) is 4.54. The molecule has 0 atom stereocenters. The molecule has 0 saturated heterocycles. The van der Waals surface area contributed by atoms with Crippen molar-refractivity contribution in [1.82, 2.24) is 0 Å². The molecule has 0 spiro atoms. The summed E-state index contributed by atoms with van der Waals surface area (Å²) in [6.45, 7) is 7.10. The highest BCUT2D eigenvalue weighted by Gasteiger charge is 2.44. The van der Waals surface area contributed by atoms with Crippen molar-refractivity contribution in [2.24, 2.45) is 5.41 Å². The fraction of sp³-hybridized carbons (Fsp3) is 0.600. The molecule has 1 aliphatic rings. The number of benzene rings is 1. The van der Waals surface area contributed by atoms with E-state index < -0.39 is 0 Å². The standard InChI is InChI=1S/C15H21Cl/c1-14(2,3)15(10-4-5-11-15)12-6-8-13(16)9-7-12/h6-9H,4-5,10-11H2,1-3H3. The second-order valence-corrected chi connectivity index (χ2v) is 6.48. The summed E-state index contributed by atoms with van der Waals surface area (Å²) < 4.78 is 0. The van der Waals surface area contributed by atoms with E-state index in [2.05, 4.69) is 32.9 Å². The van der Waals surface area contributed by atoms with Gasteiger partial charge in [-0.2, -0.15) is 0 Å². The van der Waals surface area contributed by atoms with Gasteiger partial charge in [0.1, 0.15) is 0 Å². The lowest BCUT2D eigenvalue weighted by atomic mass is 9.61. The zero-order chi connectivity index (χ0) is 11.8. The molecule has 0 heterocycles. The van der Waals surface area contributed by atoms with Crippen molar-refractivity contribution in [2.75, 3.05) is 0 Å². The van der Waals surface area contributed by atoms with Crippen LogP contribution in [0.3, 0.4) is 0 Å². The van der Waals surface area contributed by atoms with E-state index >= 15 is 0 Å². The Morgan fingerprint density at radius 2 is 1.50 bits per heavy atom. The number of hydrogen-bond donors (Lipinski definition) is 0. The van der Waals surface area contributed by atoms with Gasteiger partial charge in [0.25, 0.3) is 0 Å². The summed E-state index contributed by atoms with van der Waals surface area (Å²) in [5, 5.41) is 0.839. The van der Waals surface area contributed by atoms with E-state index in [1.165, 1.54) is 31.2 Å². The van der Waals surface area contributed by atoms with Crippen LogP contribution in [0.2, 0.25) is 5.02 Å². The Kier molecular flexibility index (Phi) is 3.05. The molecule has 1 aromatic carbocycles. The van der Waals surface area contributed by atoms with Crippen LogP contribution in [0.15, 0.2) is 24.3 Å². The molecule has 0 bridgehead atoms. The minimum absolute atomic E-state index is 0.331. The maximum Gasteiger partial charge on any atom is 0.0406 e. The minimum atomic E-state index is 0.331. The van der Waals surface area contributed by atoms with Crippen molar-refractivity contribution >= 4 is 11.6 Å². The van der Waals surface area contributed by atoms with Crippen LogP contribution in [-0.4, -0.2) is 0 Å². The zero-order valence-electron chi connectivity index (χ0n) is 10.5. The van der Waals surface area contributed by atoms with E-state index in [9.17, 15) is 0 Å². The summed E-state index contributed by atoms with van der Waals surface area (Å²) in [5.74, 6) is 0. The van der Waals surface area contributed by atoms with E-state index in [0.29, 0.717) is 10.8 Å². The molecule has 1 aliphatic carbocycles. The second-order valence-electron chi connectivity index (χ2n) is 6.05. The molecule has 0 N–H and O–H groups in total. The molecule has 16 heavy (non-hydrogen) atoms. The Bertz CT molecular complexity index is 350. The third-order valence-electron chi connectivity index (χ3n) is 4.29. The minimum Gasteiger partial charge on any atom is -0.0843 e. The molecule has 0 nitrogen and oxygen atoms in total. The molecule has 2 rings (SSSR count). The maximum absolute atomic E-state index is 5.98. The summed E-state index contributed by atoms with van der Waals surface area (Å²) in [7, 11) is 0. The summed E-state index contributed by atoms with van der Waals surface area (Å²) >= 11 is 5.98. The van der Waals surface area contributed by atoms with Crippen molar-refractivity contribution in [1.29, 1.82) is 0 Å². The number of halogens is 1. The quantitative estimate of drug-likeness (QED) is 0.629. The number of rotatable bonds is 1. The zero-order valence-corrected chi connectivity index (χ0v) is 11.3. The Morgan fingerprint density at radius 1 is 1.00 bits per heavy atom. The van der Waals surface area contributed by atoms with Crippen molar-refractivity contribution in [3.8, 4) is 0 Å². The molecule has 0 unspecified atom stereocenters. The Hall–Kier alpha value is -0.490. The predicted octanol–water partition coefficient (Wildman–Crippen LogP) is 5.20. The van der Waals surface area contributed by atoms with Gasteiger partial charge >= 0.3 is 0 Å². The molecule has 0 aromatic heterocycles. The lowest BCUT2D eigenvalue weighted by Gasteiger charge is -2.42. The fourth-order valence-corrected chi connectivity index (χ4v) is 3.35. The summed E-state index contributed by atoms with van der Waals surface area (Å²) in [6.07, 6.45) is 5.36. The molecular weight excluding hydrogens is 216 g/mol. The molecular formula is C15H21Cl. The van der Waals surface area contributed by atoms with E-state index in [0.717, 1.165) is 5.02 Å². The van der Waals surface area contributed by atoms with Crippen LogP contribution in [0.4, 0.5) is 0 Å². The van der Waals surface area contributed by atoms with Gasteiger partial charge in [0, 0.05) is 10.4 Å². The van der Waals surface area contributed by atoms with Crippen LogP contribution >= 0.6 is 11.6 Å². The highest BCUT2D eigenvalue weighted by molar-refractivity contribution is 6.30. The molecule has 1 heteroatoms. The van der Waals surface area contributed by atoms with E-state index in [4.69, 9.17) is 11.6 Å². The lowest BCUT2D eigenvalue weighted by Crippen LogP contribution is -2.37. The molecule has 1 saturated carbocycles. The molecule has 88 valence electrons. The topological polar surface area (TPSA) is 0 Å². The normalized spacial score (nSPS) is 20.0. The van der Waals surface area contributed by atoms with Gasteiger partial charge in [0.05, 0.1) is 0 Å². The average Bonchev–Trinajstić information content (AvgIpc) is 2.68. The van der Waals surface area contributed by atoms with Gasteiger partial charge in [-0.05, 0) is 36.0 Å². The van der Waals surface area contributed by atoms with Crippen LogP contribution in [0.25, 0.3) is 0 Å². The van der Waals surface area contributed by atoms with Crippen LogP contribution in [-0.2, 0) is 5.41 Å². The van der Waals surface area contributed by atoms with Gasteiger partial charge < -0.3 is 0 Å². The van der Waals surface area contributed by atoms with E-state index in [1.54, 1.807) is 0 Å². The highest BCUT2D eigenvalue weighted by Crippen LogP contribution is 2.52. The van der Waals surface area contributed by atoms with Crippen molar-refractivity contribution in [2.45, 2.75) is 51.9 Å². The maximum atomic E-state index is 5.98. The van der Waals surface area contributed by atoms with Crippen molar-refractivity contribution < 1.29 is 0 Å². The van der Waals surface area contributed by atoms with E-state index in [1.807, 2.05) is 12.1 Å². The van der Waals surface area contributed by atoms with Crippen LogP contribution in [0.5, 0.6) is 0 Å². The molecule has 1 fully saturated rings. The Morgan fingerprint density at radius 3 is 1.94 bits per heavy atom. The number of hydrogen-bond acceptors (Lipinski definition) is 0. The van der Waals surface area contributed by atoms with Gasteiger partial charge in [0.2, 0.25) is 0 Å². The van der Waals surface area contributed by atoms with Crippen LogP contribution in [0, 0.1) is 5.41 Å². The smallest absolute Gasteiger partial charge is 0.0406 e. The predicted molar refractivity (Wildman–Crippen MR) is 71.1 cm³/mol. The average molecular weight is 237 g/mol. The first kappa shape index (κ1) is 12.0. The van der Waals surface area contributed by atoms with Crippen molar-refractivity contribution in [3.05, 3.63) is 34.9 Å². The van der Waals surface area contributed by atoms with Gasteiger partial charge in [-0.1, -0.05) is 57.3 Å². The lowest BCUT2D eigenvalue weighted by molar-refractivity contribution is 0.187. The van der Waals surface area contributed by atoms with Gasteiger partial charge in [-0.3, -0.25) is 0 Å². The molecule has 1 aromatic rings. The largest absolute Gasteiger partial charge is 0.0843 e. The highest BCUT2D eigenvalue weighted by atomic mass is 35.5. The second kappa shape index (κ2) is 4.07. The first-order valence-corrected chi connectivity index (χ1v) is 6.60. The van der Waals surface area contributed by atoms with Gasteiger partial charge in [-0.25, -0.2) is 0 Å². The first-order chi connectivity index (χ1) is 7.46. The van der Waals surface area contributed by atoms with Crippen molar-refractivity contribution in [3.63, 3.8) is 0 Å². The summed E-state index contributed by atoms with van der Waals surface area (Å²) in [6, 6.07) is 8.50. The monoisotopic (exact) mass is 236 g/mol. The SMILES string of the molecule is CC(C)(C)C1(c2ccc(Cl)cc2)CCCC1. The van der Waals surface area contributed by atoms with E-state index in [-0.39, 0.29) is 0 Å². The molecule has 0 amide bonds. The fourth-order valence-electron chi connectivity index (χ4n) is 3.22. The van der Waals surface area contributed by atoms with Gasteiger partial charge in [0.15, 0.2) is 0 Å². The van der Waals surface area contributed by atoms with Gasteiger partial charge in [-0.15, -0.1) is 0 Å². The Labute approximate surface area is 104 Å². The Balaban J connectivity index is 2.44. The molecule has 0 aliphatic heterocycles. The molecule has 0 radical (unpaired) electrons. The van der Waals surface area contributed by atoms with Crippen LogP contribution < -0.4 is 0 Å². The summed E-state index contributed by atoms with van der Waals surface area (Å²) in [5.41, 5.74) is 2.16. The first-order valence-electron chi connectivity index (χ1n) is 6.22.